The van der Waals surface area contributed by atoms with Crippen LogP contribution in [0, 0.1) is 0 Å². The Morgan fingerprint density at radius 2 is 1.49 bits per heavy atom. The maximum Gasteiger partial charge on any atom is 0.306 e. The van der Waals surface area contributed by atoms with Crippen LogP contribution >= 0.6 is 0 Å². The fourth-order valence-corrected chi connectivity index (χ4v) is 5.12. The molecule has 1 fully saturated rings. The standard InChI is InChI=1S/C30H27N3O4/c34-28(33-25-11-5-1-7-20(25)13-14-21-8-2-6-12-26(21)33)19-37-29(35)18-17-27-31-24-10-4-3-9-23(24)30(36)32(27)22-15-16-22/h1-12,22H,13-19H2. The summed E-state index contributed by atoms with van der Waals surface area (Å²) in [5, 5.41) is 0.587. The molecule has 1 saturated carbocycles. The van der Waals surface area contributed by atoms with Crippen molar-refractivity contribution in [3.8, 4) is 0 Å². The quantitative estimate of drug-likeness (QED) is 0.365. The topological polar surface area (TPSA) is 81.5 Å². The molecule has 37 heavy (non-hydrogen) atoms. The number of aryl methyl sites for hydroxylation is 3. The van der Waals surface area contributed by atoms with Gasteiger partial charge in [-0.05, 0) is 61.1 Å². The molecular weight excluding hydrogens is 466 g/mol. The average Bonchev–Trinajstić information content (AvgIpc) is 3.77. The Morgan fingerprint density at radius 3 is 2.16 bits per heavy atom. The first-order valence-corrected chi connectivity index (χ1v) is 12.7. The number of fused-ring (bicyclic) bond motifs is 3. The van der Waals surface area contributed by atoms with Crippen LogP contribution < -0.4 is 10.5 Å². The number of esters is 1. The number of ether oxygens (including phenoxy) is 1. The van der Waals surface area contributed by atoms with Gasteiger partial charge in [0, 0.05) is 12.5 Å². The van der Waals surface area contributed by atoms with Gasteiger partial charge in [0.15, 0.2) is 6.61 Å². The number of carbonyl (C=O) groups is 2. The van der Waals surface area contributed by atoms with E-state index in [1.165, 1.54) is 0 Å². The summed E-state index contributed by atoms with van der Waals surface area (Å²) >= 11 is 0. The van der Waals surface area contributed by atoms with Crippen molar-refractivity contribution in [3.63, 3.8) is 0 Å². The van der Waals surface area contributed by atoms with Crippen LogP contribution in [0.25, 0.3) is 10.9 Å². The third-order valence-corrected chi connectivity index (χ3v) is 7.08. The minimum Gasteiger partial charge on any atom is -0.456 e. The van der Waals surface area contributed by atoms with E-state index < -0.39 is 5.97 Å². The first-order valence-electron chi connectivity index (χ1n) is 12.7. The molecule has 0 bridgehead atoms. The molecule has 1 aromatic heterocycles. The number of benzene rings is 3. The number of para-hydroxylation sites is 3. The third-order valence-electron chi connectivity index (χ3n) is 7.08. The van der Waals surface area contributed by atoms with Gasteiger partial charge in [-0.2, -0.15) is 0 Å². The maximum atomic E-state index is 13.4. The van der Waals surface area contributed by atoms with Gasteiger partial charge in [0.05, 0.1) is 28.7 Å². The number of amides is 1. The van der Waals surface area contributed by atoms with Crippen molar-refractivity contribution in [1.29, 1.82) is 0 Å². The average molecular weight is 494 g/mol. The van der Waals surface area contributed by atoms with Gasteiger partial charge in [-0.15, -0.1) is 0 Å². The molecule has 6 rings (SSSR count). The van der Waals surface area contributed by atoms with Crippen LogP contribution in [0.15, 0.2) is 77.6 Å². The Balaban J connectivity index is 1.18. The van der Waals surface area contributed by atoms with E-state index in [1.54, 1.807) is 15.5 Å². The van der Waals surface area contributed by atoms with E-state index in [-0.39, 0.29) is 37.0 Å². The monoisotopic (exact) mass is 493 g/mol. The molecule has 0 spiro atoms. The van der Waals surface area contributed by atoms with Crippen LogP contribution in [0.2, 0.25) is 0 Å². The van der Waals surface area contributed by atoms with Crippen LogP contribution in [0.1, 0.15) is 42.3 Å². The number of carbonyl (C=O) groups excluding carboxylic acids is 2. The predicted molar refractivity (Wildman–Crippen MR) is 141 cm³/mol. The highest BCUT2D eigenvalue weighted by Gasteiger charge is 2.29. The fourth-order valence-electron chi connectivity index (χ4n) is 5.12. The molecular formula is C30H27N3O4. The SMILES string of the molecule is O=C(CCc1nc2ccccc2c(=O)n1C1CC1)OCC(=O)N1c2ccccc2CCc2ccccc21. The highest BCUT2D eigenvalue weighted by molar-refractivity contribution is 6.03. The van der Waals surface area contributed by atoms with Gasteiger partial charge in [-0.25, -0.2) is 4.98 Å². The van der Waals surface area contributed by atoms with E-state index >= 15 is 0 Å². The Labute approximate surface area is 214 Å². The van der Waals surface area contributed by atoms with Gasteiger partial charge in [0.1, 0.15) is 5.82 Å². The van der Waals surface area contributed by atoms with Crippen molar-refractivity contribution >= 4 is 34.2 Å². The summed E-state index contributed by atoms with van der Waals surface area (Å²) < 4.78 is 7.17. The summed E-state index contributed by atoms with van der Waals surface area (Å²) in [5.74, 6) is -0.201. The van der Waals surface area contributed by atoms with Crippen LogP contribution in [0.4, 0.5) is 11.4 Å². The van der Waals surface area contributed by atoms with E-state index in [0.29, 0.717) is 16.7 Å². The lowest BCUT2D eigenvalue weighted by Gasteiger charge is -2.24. The second kappa shape index (κ2) is 9.65. The minimum absolute atomic E-state index is 0.0396. The van der Waals surface area contributed by atoms with Crippen LogP contribution in [0.5, 0.6) is 0 Å². The van der Waals surface area contributed by atoms with Crippen molar-refractivity contribution in [2.24, 2.45) is 0 Å². The molecule has 0 saturated heterocycles. The Hall–Kier alpha value is -4.26. The van der Waals surface area contributed by atoms with Gasteiger partial charge in [-0.1, -0.05) is 48.5 Å². The third kappa shape index (κ3) is 4.53. The van der Waals surface area contributed by atoms with Crippen molar-refractivity contribution in [2.75, 3.05) is 11.5 Å². The molecule has 1 amide bonds. The summed E-state index contributed by atoms with van der Waals surface area (Å²) in [4.78, 5) is 45.5. The van der Waals surface area contributed by atoms with Crippen molar-refractivity contribution in [3.05, 3.63) is 100 Å². The molecule has 1 aliphatic heterocycles. The molecule has 1 aliphatic carbocycles. The van der Waals surface area contributed by atoms with E-state index in [0.717, 1.165) is 48.2 Å². The summed E-state index contributed by atoms with van der Waals surface area (Å²) in [7, 11) is 0. The van der Waals surface area contributed by atoms with Crippen LogP contribution in [-0.2, 0) is 33.6 Å². The summed E-state index contributed by atoms with van der Waals surface area (Å²) in [6.07, 6.45) is 3.85. The van der Waals surface area contributed by atoms with E-state index in [9.17, 15) is 14.4 Å². The lowest BCUT2D eigenvalue weighted by atomic mass is 10.0. The second-order valence-electron chi connectivity index (χ2n) is 9.60. The van der Waals surface area contributed by atoms with Gasteiger partial charge in [0.25, 0.3) is 11.5 Å². The second-order valence-corrected chi connectivity index (χ2v) is 9.60. The predicted octanol–water partition coefficient (Wildman–Crippen LogP) is 4.67. The number of rotatable bonds is 6. The zero-order valence-electron chi connectivity index (χ0n) is 20.4. The van der Waals surface area contributed by atoms with Crippen molar-refractivity contribution in [2.45, 2.75) is 44.6 Å². The largest absolute Gasteiger partial charge is 0.456 e. The van der Waals surface area contributed by atoms with E-state index in [2.05, 4.69) is 4.98 Å². The normalized spacial score (nSPS) is 14.5. The molecule has 3 aromatic carbocycles. The lowest BCUT2D eigenvalue weighted by Crippen LogP contribution is -2.31. The molecule has 4 aromatic rings. The zero-order chi connectivity index (χ0) is 25.4. The minimum atomic E-state index is -0.491. The zero-order valence-corrected chi connectivity index (χ0v) is 20.4. The lowest BCUT2D eigenvalue weighted by molar-refractivity contribution is -0.147. The maximum absolute atomic E-state index is 13.4. The van der Waals surface area contributed by atoms with Crippen LogP contribution in [-0.4, -0.2) is 28.0 Å². The number of nitrogens with zero attached hydrogens (tertiary/aromatic N) is 3. The van der Waals surface area contributed by atoms with Gasteiger partial charge >= 0.3 is 5.97 Å². The smallest absolute Gasteiger partial charge is 0.306 e. The number of hydrogen-bond acceptors (Lipinski definition) is 5. The van der Waals surface area contributed by atoms with E-state index in [1.807, 2.05) is 66.7 Å². The Kier molecular flexibility index (Phi) is 6.04. The fraction of sp³-hybridized carbons (Fsp3) is 0.267. The van der Waals surface area contributed by atoms with Crippen molar-refractivity contribution in [1.82, 2.24) is 9.55 Å². The molecule has 7 nitrogen and oxygen atoms in total. The van der Waals surface area contributed by atoms with Crippen LogP contribution in [0.3, 0.4) is 0 Å². The molecule has 186 valence electrons. The van der Waals surface area contributed by atoms with E-state index in [4.69, 9.17) is 4.74 Å². The first-order chi connectivity index (χ1) is 18.1. The number of anilines is 2. The summed E-state index contributed by atoms with van der Waals surface area (Å²) in [5.41, 5.74) is 4.37. The van der Waals surface area contributed by atoms with Gasteiger partial charge in [-0.3, -0.25) is 23.9 Å². The number of aromatic nitrogens is 2. The molecule has 2 aliphatic rings. The Bertz CT molecular complexity index is 1520. The van der Waals surface area contributed by atoms with Crippen molar-refractivity contribution < 1.29 is 14.3 Å². The van der Waals surface area contributed by atoms with Gasteiger partial charge in [0.2, 0.25) is 0 Å². The highest BCUT2D eigenvalue weighted by Crippen LogP contribution is 2.36. The summed E-state index contributed by atoms with van der Waals surface area (Å²) in [6.45, 7) is -0.359. The molecule has 0 unspecified atom stereocenters. The number of hydrogen-bond donors (Lipinski definition) is 0. The molecule has 7 heteroatoms. The molecule has 0 atom stereocenters. The highest BCUT2D eigenvalue weighted by atomic mass is 16.5. The Morgan fingerprint density at radius 1 is 0.865 bits per heavy atom. The molecule has 2 heterocycles. The molecule has 0 N–H and O–H groups in total. The van der Waals surface area contributed by atoms with Gasteiger partial charge < -0.3 is 4.74 Å². The summed E-state index contributed by atoms with van der Waals surface area (Å²) in [6, 6.07) is 23.1. The first kappa shape index (κ1) is 23.2. The molecule has 0 radical (unpaired) electrons.